The number of morpholine rings is 1. The van der Waals surface area contributed by atoms with Crippen molar-refractivity contribution in [2.45, 2.75) is 6.92 Å². The third-order valence-corrected chi connectivity index (χ3v) is 4.24. The van der Waals surface area contributed by atoms with Crippen LogP contribution < -0.4 is 4.90 Å². The van der Waals surface area contributed by atoms with Crippen LogP contribution in [0.5, 0.6) is 0 Å². The van der Waals surface area contributed by atoms with Gasteiger partial charge in [-0.1, -0.05) is 0 Å². The van der Waals surface area contributed by atoms with Crippen LogP contribution in [0, 0.1) is 12.8 Å². The van der Waals surface area contributed by atoms with Crippen molar-refractivity contribution in [2.24, 2.45) is 5.92 Å². The molecule has 116 valence electrons. The molecule has 0 N–H and O–H groups in total. The van der Waals surface area contributed by atoms with E-state index in [0.717, 1.165) is 11.5 Å². The molecule has 8 nitrogen and oxygen atoms in total. The Bertz CT molecular complexity index is 702. The third-order valence-electron chi connectivity index (χ3n) is 4.24. The average Bonchev–Trinajstić information content (AvgIpc) is 2.94. The number of rotatable bonds is 2. The van der Waals surface area contributed by atoms with Gasteiger partial charge in [-0.3, -0.25) is 4.79 Å². The van der Waals surface area contributed by atoms with Gasteiger partial charge in [0, 0.05) is 37.9 Å². The minimum atomic E-state index is 0.0603. The van der Waals surface area contributed by atoms with Crippen molar-refractivity contribution in [3.63, 3.8) is 0 Å². The second-order valence-electron chi connectivity index (χ2n) is 5.77. The molecule has 0 atom stereocenters. The first kappa shape index (κ1) is 13.4. The zero-order chi connectivity index (χ0) is 15.1. The summed E-state index contributed by atoms with van der Waals surface area (Å²) in [5.74, 6) is 1.84. The fourth-order valence-corrected chi connectivity index (χ4v) is 3.00. The predicted octanol–water partition coefficient (Wildman–Crippen LogP) is -0.272. The van der Waals surface area contributed by atoms with Gasteiger partial charge in [-0.2, -0.15) is 14.6 Å². The highest BCUT2D eigenvalue weighted by Crippen LogP contribution is 2.26. The van der Waals surface area contributed by atoms with E-state index in [1.807, 2.05) is 17.9 Å². The standard InChI is InChI=1S/C14H18N6O2/c1-10-6-12(20-14(17-10)15-9-16-20)19-7-11(8-19)13(21)18-2-4-22-5-3-18/h6,9,11H,2-5,7-8H2,1H3. The molecule has 0 saturated carbocycles. The van der Waals surface area contributed by atoms with Crippen LogP contribution in [0.25, 0.3) is 5.78 Å². The first-order valence-electron chi connectivity index (χ1n) is 7.51. The quantitative estimate of drug-likeness (QED) is 0.760. The monoisotopic (exact) mass is 302 g/mol. The van der Waals surface area contributed by atoms with Crippen molar-refractivity contribution in [1.82, 2.24) is 24.5 Å². The van der Waals surface area contributed by atoms with E-state index < -0.39 is 0 Å². The number of carbonyl (C=O) groups excluding carboxylic acids is 1. The van der Waals surface area contributed by atoms with Crippen LogP contribution >= 0.6 is 0 Å². The van der Waals surface area contributed by atoms with E-state index in [0.29, 0.717) is 45.2 Å². The predicted molar refractivity (Wildman–Crippen MR) is 78.6 cm³/mol. The van der Waals surface area contributed by atoms with E-state index in [2.05, 4.69) is 20.0 Å². The van der Waals surface area contributed by atoms with Gasteiger partial charge in [0.05, 0.1) is 19.1 Å². The summed E-state index contributed by atoms with van der Waals surface area (Å²) < 4.78 is 7.02. The van der Waals surface area contributed by atoms with Crippen LogP contribution in [0.1, 0.15) is 5.69 Å². The fraction of sp³-hybridized carbons (Fsp3) is 0.571. The number of hydrogen-bond acceptors (Lipinski definition) is 6. The minimum Gasteiger partial charge on any atom is -0.378 e. The number of nitrogens with zero attached hydrogens (tertiary/aromatic N) is 6. The summed E-state index contributed by atoms with van der Waals surface area (Å²) >= 11 is 0. The first-order valence-corrected chi connectivity index (χ1v) is 7.51. The summed E-state index contributed by atoms with van der Waals surface area (Å²) in [5.41, 5.74) is 0.901. The number of ether oxygens (including phenoxy) is 1. The lowest BCUT2D eigenvalue weighted by Gasteiger charge is -2.42. The lowest BCUT2D eigenvalue weighted by Crippen LogP contribution is -2.56. The molecule has 4 heterocycles. The van der Waals surface area contributed by atoms with Gasteiger partial charge in [0.1, 0.15) is 12.1 Å². The number of aromatic nitrogens is 4. The van der Waals surface area contributed by atoms with E-state index in [1.165, 1.54) is 6.33 Å². The van der Waals surface area contributed by atoms with Crippen molar-refractivity contribution < 1.29 is 9.53 Å². The molecular formula is C14H18N6O2. The number of amides is 1. The highest BCUT2D eigenvalue weighted by atomic mass is 16.5. The van der Waals surface area contributed by atoms with Crippen LogP contribution in [0.4, 0.5) is 5.82 Å². The molecule has 0 bridgehead atoms. The maximum Gasteiger partial charge on any atom is 0.254 e. The van der Waals surface area contributed by atoms with Crippen LogP contribution in [0.15, 0.2) is 12.4 Å². The second-order valence-corrected chi connectivity index (χ2v) is 5.77. The maximum absolute atomic E-state index is 12.4. The zero-order valence-electron chi connectivity index (χ0n) is 12.5. The van der Waals surface area contributed by atoms with Crippen molar-refractivity contribution in [2.75, 3.05) is 44.3 Å². The Balaban J connectivity index is 1.48. The normalized spacial score (nSPS) is 19.5. The Morgan fingerprint density at radius 1 is 1.32 bits per heavy atom. The highest BCUT2D eigenvalue weighted by molar-refractivity contribution is 5.82. The third kappa shape index (κ3) is 2.19. The summed E-state index contributed by atoms with van der Waals surface area (Å²) in [6, 6.07) is 1.98. The Morgan fingerprint density at radius 3 is 2.86 bits per heavy atom. The molecule has 4 rings (SSSR count). The molecule has 0 unspecified atom stereocenters. The molecule has 1 amide bonds. The average molecular weight is 302 g/mol. The molecule has 0 aromatic carbocycles. The SMILES string of the molecule is Cc1cc(N2CC(C(=O)N3CCOCC3)C2)n2ncnc2n1. The molecule has 0 aliphatic carbocycles. The minimum absolute atomic E-state index is 0.0603. The topological polar surface area (TPSA) is 75.9 Å². The van der Waals surface area contributed by atoms with Crippen molar-refractivity contribution in [3.8, 4) is 0 Å². The number of aryl methyl sites for hydroxylation is 1. The number of carbonyl (C=O) groups is 1. The molecule has 2 aromatic rings. The first-order chi connectivity index (χ1) is 10.7. The van der Waals surface area contributed by atoms with Gasteiger partial charge in [-0.25, -0.2) is 4.98 Å². The van der Waals surface area contributed by atoms with Gasteiger partial charge in [-0.05, 0) is 6.92 Å². The summed E-state index contributed by atoms with van der Waals surface area (Å²) in [5, 5.41) is 4.21. The van der Waals surface area contributed by atoms with E-state index in [4.69, 9.17) is 4.74 Å². The van der Waals surface area contributed by atoms with Crippen LogP contribution in [0.2, 0.25) is 0 Å². The molecule has 8 heteroatoms. The number of fused-ring (bicyclic) bond motifs is 1. The molecule has 22 heavy (non-hydrogen) atoms. The molecule has 0 spiro atoms. The molecule has 2 aliphatic heterocycles. The van der Waals surface area contributed by atoms with E-state index in [9.17, 15) is 4.79 Å². The molecule has 2 aromatic heterocycles. The van der Waals surface area contributed by atoms with Crippen LogP contribution in [0.3, 0.4) is 0 Å². The largest absolute Gasteiger partial charge is 0.378 e. The Morgan fingerprint density at radius 2 is 2.09 bits per heavy atom. The van der Waals surface area contributed by atoms with Gasteiger partial charge in [-0.15, -0.1) is 0 Å². The summed E-state index contributed by atoms with van der Waals surface area (Å²) in [6.07, 6.45) is 1.50. The van der Waals surface area contributed by atoms with Crippen LogP contribution in [-0.2, 0) is 9.53 Å². The van der Waals surface area contributed by atoms with Crippen molar-refractivity contribution >= 4 is 17.5 Å². The maximum atomic E-state index is 12.4. The Hall–Kier alpha value is -2.22. The van der Waals surface area contributed by atoms with E-state index >= 15 is 0 Å². The fourth-order valence-electron chi connectivity index (χ4n) is 3.00. The molecule has 2 aliphatic rings. The van der Waals surface area contributed by atoms with Crippen molar-refractivity contribution in [1.29, 1.82) is 0 Å². The molecular weight excluding hydrogens is 284 g/mol. The van der Waals surface area contributed by atoms with Gasteiger partial charge >= 0.3 is 0 Å². The van der Waals surface area contributed by atoms with Gasteiger partial charge < -0.3 is 14.5 Å². The van der Waals surface area contributed by atoms with Crippen LogP contribution in [-0.4, -0.2) is 69.8 Å². The van der Waals surface area contributed by atoms with Gasteiger partial charge in [0.25, 0.3) is 5.78 Å². The number of hydrogen-bond donors (Lipinski definition) is 0. The highest BCUT2D eigenvalue weighted by Gasteiger charge is 2.37. The zero-order valence-corrected chi connectivity index (χ0v) is 12.5. The molecule has 2 saturated heterocycles. The molecule has 2 fully saturated rings. The van der Waals surface area contributed by atoms with Crippen molar-refractivity contribution in [3.05, 3.63) is 18.1 Å². The summed E-state index contributed by atoms with van der Waals surface area (Å²) in [4.78, 5) is 25.0. The summed E-state index contributed by atoms with van der Waals surface area (Å²) in [6.45, 7) is 6.07. The lowest BCUT2D eigenvalue weighted by atomic mass is 9.98. The second kappa shape index (κ2) is 5.20. The molecule has 0 radical (unpaired) electrons. The smallest absolute Gasteiger partial charge is 0.254 e. The Labute approximate surface area is 127 Å². The van der Waals surface area contributed by atoms with E-state index in [-0.39, 0.29) is 11.8 Å². The Kier molecular flexibility index (Phi) is 3.18. The van der Waals surface area contributed by atoms with Gasteiger partial charge in [0.15, 0.2) is 0 Å². The lowest BCUT2D eigenvalue weighted by molar-refractivity contribution is -0.140. The van der Waals surface area contributed by atoms with Gasteiger partial charge in [0.2, 0.25) is 5.91 Å². The number of anilines is 1. The van der Waals surface area contributed by atoms with E-state index in [1.54, 1.807) is 4.52 Å². The summed E-state index contributed by atoms with van der Waals surface area (Å²) in [7, 11) is 0.